The summed E-state index contributed by atoms with van der Waals surface area (Å²) < 4.78 is 5.47. The van der Waals surface area contributed by atoms with Gasteiger partial charge in [0.25, 0.3) is 0 Å². The molecule has 0 saturated heterocycles. The number of rotatable bonds is 7. The SMILES string of the molecule is OCC1(NCC(O)COc2ccccc2)CCC1. The molecule has 3 N–H and O–H groups in total. The van der Waals surface area contributed by atoms with Crippen molar-refractivity contribution in [1.82, 2.24) is 5.32 Å². The van der Waals surface area contributed by atoms with E-state index in [2.05, 4.69) is 5.32 Å². The van der Waals surface area contributed by atoms with E-state index in [0.29, 0.717) is 6.54 Å². The zero-order chi connectivity index (χ0) is 12.8. The molecule has 1 unspecified atom stereocenters. The molecule has 1 saturated carbocycles. The van der Waals surface area contributed by atoms with Crippen molar-refractivity contribution in [1.29, 1.82) is 0 Å². The van der Waals surface area contributed by atoms with Gasteiger partial charge in [0.15, 0.2) is 0 Å². The first kappa shape index (κ1) is 13.3. The number of nitrogens with one attached hydrogen (secondary N) is 1. The van der Waals surface area contributed by atoms with E-state index in [1.54, 1.807) is 0 Å². The molecule has 1 aromatic rings. The standard InChI is InChI=1S/C14H21NO3/c16-11-14(7-4-8-14)15-9-12(17)10-18-13-5-2-1-3-6-13/h1-3,5-6,12,15-17H,4,7-11H2. The second kappa shape index (κ2) is 6.18. The summed E-state index contributed by atoms with van der Waals surface area (Å²) in [6, 6.07) is 9.44. The minimum Gasteiger partial charge on any atom is -0.491 e. The molecule has 0 aromatic heterocycles. The Morgan fingerprint density at radius 3 is 2.56 bits per heavy atom. The second-order valence-electron chi connectivity index (χ2n) is 4.95. The van der Waals surface area contributed by atoms with Gasteiger partial charge in [-0.25, -0.2) is 0 Å². The van der Waals surface area contributed by atoms with Crippen LogP contribution in [0.2, 0.25) is 0 Å². The Balaban J connectivity index is 1.67. The van der Waals surface area contributed by atoms with Gasteiger partial charge in [-0.15, -0.1) is 0 Å². The number of aliphatic hydroxyl groups is 2. The number of ether oxygens (including phenoxy) is 1. The molecule has 0 spiro atoms. The predicted molar refractivity (Wildman–Crippen MR) is 69.6 cm³/mol. The highest BCUT2D eigenvalue weighted by Crippen LogP contribution is 2.30. The van der Waals surface area contributed by atoms with Crippen molar-refractivity contribution in [3.8, 4) is 5.75 Å². The van der Waals surface area contributed by atoms with Gasteiger partial charge < -0.3 is 20.3 Å². The summed E-state index contributed by atoms with van der Waals surface area (Å²) in [5, 5.41) is 22.3. The Hall–Kier alpha value is -1.10. The van der Waals surface area contributed by atoms with Crippen LogP contribution in [0.5, 0.6) is 5.75 Å². The fourth-order valence-corrected chi connectivity index (χ4v) is 2.10. The van der Waals surface area contributed by atoms with Crippen molar-refractivity contribution in [2.75, 3.05) is 19.8 Å². The van der Waals surface area contributed by atoms with Gasteiger partial charge in [0, 0.05) is 12.1 Å². The lowest BCUT2D eigenvalue weighted by atomic mass is 9.77. The summed E-state index contributed by atoms with van der Waals surface area (Å²) in [6.07, 6.45) is 2.55. The highest BCUT2D eigenvalue weighted by atomic mass is 16.5. The van der Waals surface area contributed by atoms with Gasteiger partial charge in [-0.1, -0.05) is 18.2 Å². The van der Waals surface area contributed by atoms with Crippen LogP contribution in [-0.4, -0.2) is 41.6 Å². The molecule has 4 nitrogen and oxygen atoms in total. The monoisotopic (exact) mass is 251 g/mol. The molecule has 0 aliphatic heterocycles. The maximum Gasteiger partial charge on any atom is 0.119 e. The van der Waals surface area contributed by atoms with Crippen LogP contribution in [0.25, 0.3) is 0 Å². The maximum absolute atomic E-state index is 9.82. The van der Waals surface area contributed by atoms with E-state index in [4.69, 9.17) is 4.74 Å². The number of hydrogen-bond acceptors (Lipinski definition) is 4. The number of benzene rings is 1. The number of hydrogen-bond donors (Lipinski definition) is 3. The highest BCUT2D eigenvalue weighted by molar-refractivity contribution is 5.20. The van der Waals surface area contributed by atoms with E-state index >= 15 is 0 Å². The van der Waals surface area contributed by atoms with Gasteiger partial charge in [-0.05, 0) is 31.4 Å². The van der Waals surface area contributed by atoms with Crippen LogP contribution in [-0.2, 0) is 0 Å². The summed E-state index contributed by atoms with van der Waals surface area (Å²) in [5.74, 6) is 0.761. The molecule has 2 rings (SSSR count). The summed E-state index contributed by atoms with van der Waals surface area (Å²) in [7, 11) is 0. The first-order valence-corrected chi connectivity index (χ1v) is 6.46. The zero-order valence-corrected chi connectivity index (χ0v) is 10.5. The van der Waals surface area contributed by atoms with Crippen LogP contribution in [0, 0.1) is 0 Å². The van der Waals surface area contributed by atoms with Gasteiger partial charge in [0.2, 0.25) is 0 Å². The molecule has 1 aliphatic rings. The van der Waals surface area contributed by atoms with E-state index in [-0.39, 0.29) is 18.8 Å². The lowest BCUT2D eigenvalue weighted by Gasteiger charge is -2.41. The molecule has 1 atom stereocenters. The summed E-state index contributed by atoms with van der Waals surface area (Å²) >= 11 is 0. The van der Waals surface area contributed by atoms with Gasteiger partial charge >= 0.3 is 0 Å². The first-order valence-electron chi connectivity index (χ1n) is 6.46. The van der Waals surface area contributed by atoms with Crippen LogP contribution in [0.15, 0.2) is 30.3 Å². The molecule has 1 fully saturated rings. The average Bonchev–Trinajstić information content (AvgIpc) is 2.37. The van der Waals surface area contributed by atoms with E-state index in [1.165, 1.54) is 0 Å². The Morgan fingerprint density at radius 1 is 1.28 bits per heavy atom. The van der Waals surface area contributed by atoms with E-state index in [0.717, 1.165) is 25.0 Å². The second-order valence-corrected chi connectivity index (χ2v) is 4.95. The maximum atomic E-state index is 9.82. The lowest BCUT2D eigenvalue weighted by molar-refractivity contribution is 0.0540. The Kier molecular flexibility index (Phi) is 4.58. The van der Waals surface area contributed by atoms with Gasteiger partial charge in [-0.2, -0.15) is 0 Å². The van der Waals surface area contributed by atoms with Crippen molar-refractivity contribution in [2.45, 2.75) is 30.9 Å². The van der Waals surface area contributed by atoms with Crippen molar-refractivity contribution in [3.05, 3.63) is 30.3 Å². The van der Waals surface area contributed by atoms with Gasteiger partial charge in [0.05, 0.1) is 6.61 Å². The fourth-order valence-electron chi connectivity index (χ4n) is 2.10. The molecular weight excluding hydrogens is 230 g/mol. The average molecular weight is 251 g/mol. The summed E-state index contributed by atoms with van der Waals surface area (Å²) in [4.78, 5) is 0. The van der Waals surface area contributed by atoms with Gasteiger partial charge in [0.1, 0.15) is 18.5 Å². The van der Waals surface area contributed by atoms with Crippen LogP contribution < -0.4 is 10.1 Å². The minimum atomic E-state index is -0.561. The molecule has 0 bridgehead atoms. The quantitative estimate of drug-likeness (QED) is 0.674. The molecule has 0 amide bonds. The van der Waals surface area contributed by atoms with Crippen LogP contribution in [0.1, 0.15) is 19.3 Å². The van der Waals surface area contributed by atoms with Crippen LogP contribution in [0.3, 0.4) is 0 Å². The molecule has 1 aliphatic carbocycles. The predicted octanol–water partition coefficient (Wildman–Crippen LogP) is 0.931. The van der Waals surface area contributed by atoms with Crippen molar-refractivity contribution in [2.24, 2.45) is 0 Å². The van der Waals surface area contributed by atoms with Crippen LogP contribution in [0.4, 0.5) is 0 Å². The molecule has 1 aromatic carbocycles. The smallest absolute Gasteiger partial charge is 0.119 e. The number of β-amino-alcohol motifs (C(OH)–C–C–N with tert-alkyl or cyclic N) is 1. The van der Waals surface area contributed by atoms with E-state index < -0.39 is 6.10 Å². The molecule has 100 valence electrons. The molecular formula is C14H21NO3. The third-order valence-corrected chi connectivity index (χ3v) is 3.51. The lowest BCUT2D eigenvalue weighted by Crippen LogP contribution is -2.56. The highest BCUT2D eigenvalue weighted by Gasteiger charge is 2.35. The van der Waals surface area contributed by atoms with E-state index in [9.17, 15) is 10.2 Å². The van der Waals surface area contributed by atoms with Crippen molar-refractivity contribution < 1.29 is 14.9 Å². The van der Waals surface area contributed by atoms with Crippen molar-refractivity contribution in [3.63, 3.8) is 0 Å². The number of aliphatic hydroxyl groups excluding tert-OH is 2. The molecule has 0 radical (unpaired) electrons. The van der Waals surface area contributed by atoms with Crippen LogP contribution >= 0.6 is 0 Å². The summed E-state index contributed by atoms with van der Waals surface area (Å²) in [6.45, 7) is 0.852. The normalized spacial score (nSPS) is 19.0. The Morgan fingerprint density at radius 2 is 2.00 bits per heavy atom. The Labute approximate surface area is 108 Å². The summed E-state index contributed by atoms with van der Waals surface area (Å²) in [5.41, 5.74) is -0.159. The van der Waals surface area contributed by atoms with E-state index in [1.807, 2.05) is 30.3 Å². The van der Waals surface area contributed by atoms with Crippen molar-refractivity contribution >= 4 is 0 Å². The largest absolute Gasteiger partial charge is 0.491 e. The fraction of sp³-hybridized carbons (Fsp3) is 0.571. The molecule has 18 heavy (non-hydrogen) atoms. The third-order valence-electron chi connectivity index (χ3n) is 3.51. The minimum absolute atomic E-state index is 0.138. The first-order chi connectivity index (χ1) is 8.74. The zero-order valence-electron chi connectivity index (χ0n) is 10.5. The molecule has 4 heteroatoms. The van der Waals surface area contributed by atoms with Gasteiger partial charge in [-0.3, -0.25) is 0 Å². The number of para-hydroxylation sites is 1. The molecule has 0 heterocycles. The third kappa shape index (κ3) is 3.45. The topological polar surface area (TPSA) is 61.7 Å². The Bertz CT molecular complexity index is 346.